The maximum absolute atomic E-state index is 12.1. The van der Waals surface area contributed by atoms with Gasteiger partial charge in [0.2, 0.25) is 0 Å². The Bertz CT molecular complexity index is 510. The minimum Gasteiger partial charge on any atom is -0.391 e. The highest BCUT2D eigenvalue weighted by atomic mass is 32.1. The van der Waals surface area contributed by atoms with Crippen LogP contribution in [0, 0.1) is 23.0 Å². The molecule has 0 aliphatic heterocycles. The van der Waals surface area contributed by atoms with E-state index in [-0.39, 0.29) is 18.1 Å². The lowest BCUT2D eigenvalue weighted by atomic mass is 10.2. The molecule has 1 aliphatic carbocycles. The molecule has 6 nitrogen and oxygen atoms in total. The number of aryl methyl sites for hydroxylation is 1. The Morgan fingerprint density at radius 1 is 1.68 bits per heavy atom. The molecular formula is C12H16N2O4S. The number of thiophene rings is 1. The summed E-state index contributed by atoms with van der Waals surface area (Å²) in [5.41, 5.74) is -0.0236. The Morgan fingerprint density at radius 3 is 2.79 bits per heavy atom. The van der Waals surface area contributed by atoms with Gasteiger partial charge in [0.15, 0.2) is 0 Å². The second-order valence-corrected chi connectivity index (χ2v) is 6.16. The lowest BCUT2D eigenvalue weighted by molar-refractivity contribution is -0.385. The van der Waals surface area contributed by atoms with Crippen molar-refractivity contribution in [2.24, 2.45) is 5.92 Å². The van der Waals surface area contributed by atoms with Crippen LogP contribution in [0.25, 0.3) is 0 Å². The smallest absolute Gasteiger partial charge is 0.283 e. The minimum absolute atomic E-state index is 0.0236. The topological polar surface area (TPSA) is 83.7 Å². The molecule has 7 heteroatoms. The highest BCUT2D eigenvalue weighted by Gasteiger charge is 2.31. The maximum Gasteiger partial charge on any atom is 0.283 e. The molecule has 1 aromatic heterocycles. The van der Waals surface area contributed by atoms with Crippen molar-refractivity contribution in [2.75, 3.05) is 13.6 Å². The van der Waals surface area contributed by atoms with E-state index in [1.807, 2.05) is 0 Å². The van der Waals surface area contributed by atoms with E-state index in [2.05, 4.69) is 0 Å². The van der Waals surface area contributed by atoms with Crippen LogP contribution in [0.2, 0.25) is 0 Å². The van der Waals surface area contributed by atoms with Crippen molar-refractivity contribution in [1.82, 2.24) is 4.90 Å². The zero-order valence-corrected chi connectivity index (χ0v) is 11.6. The predicted molar refractivity (Wildman–Crippen MR) is 71.4 cm³/mol. The van der Waals surface area contributed by atoms with Gasteiger partial charge in [0.05, 0.1) is 20.8 Å². The number of rotatable bonds is 5. The fourth-order valence-corrected chi connectivity index (χ4v) is 2.92. The van der Waals surface area contributed by atoms with Gasteiger partial charge >= 0.3 is 0 Å². The van der Waals surface area contributed by atoms with Crippen molar-refractivity contribution in [3.05, 3.63) is 25.9 Å². The summed E-state index contributed by atoms with van der Waals surface area (Å²) >= 11 is 1.12. The molecule has 1 atom stereocenters. The van der Waals surface area contributed by atoms with Gasteiger partial charge in [-0.15, -0.1) is 11.3 Å². The summed E-state index contributed by atoms with van der Waals surface area (Å²) in [4.78, 5) is 24.7. The predicted octanol–water partition coefficient (Wildman–Crippen LogP) is 1.81. The van der Waals surface area contributed by atoms with Crippen LogP contribution < -0.4 is 0 Å². The quantitative estimate of drug-likeness (QED) is 0.660. The second-order valence-electron chi connectivity index (χ2n) is 4.90. The zero-order chi connectivity index (χ0) is 14.2. The number of carbonyl (C=O) groups is 1. The lowest BCUT2D eigenvalue weighted by Gasteiger charge is -2.19. The van der Waals surface area contributed by atoms with Crippen LogP contribution in [-0.4, -0.2) is 40.5 Å². The van der Waals surface area contributed by atoms with Crippen molar-refractivity contribution in [2.45, 2.75) is 25.9 Å². The van der Waals surface area contributed by atoms with E-state index in [4.69, 9.17) is 0 Å². The van der Waals surface area contributed by atoms with E-state index in [1.54, 1.807) is 14.0 Å². The molecule has 0 bridgehead atoms. The second kappa shape index (κ2) is 5.26. The molecule has 19 heavy (non-hydrogen) atoms. The van der Waals surface area contributed by atoms with Crippen LogP contribution >= 0.6 is 11.3 Å². The largest absolute Gasteiger partial charge is 0.391 e. The molecular weight excluding hydrogens is 268 g/mol. The molecule has 0 aromatic carbocycles. The first-order valence-corrected chi connectivity index (χ1v) is 6.90. The summed E-state index contributed by atoms with van der Waals surface area (Å²) in [6, 6.07) is 1.31. The van der Waals surface area contributed by atoms with Gasteiger partial charge in [-0.05, 0) is 25.7 Å². The number of hydrogen-bond acceptors (Lipinski definition) is 5. The molecule has 1 unspecified atom stereocenters. The molecule has 1 amide bonds. The van der Waals surface area contributed by atoms with E-state index < -0.39 is 11.0 Å². The van der Waals surface area contributed by atoms with Crippen molar-refractivity contribution >= 4 is 22.9 Å². The number of hydrogen-bond donors (Lipinski definition) is 1. The van der Waals surface area contributed by atoms with Gasteiger partial charge < -0.3 is 10.0 Å². The fourth-order valence-electron chi connectivity index (χ4n) is 1.94. The minimum atomic E-state index is -0.495. The van der Waals surface area contributed by atoms with Gasteiger partial charge in [-0.1, -0.05) is 0 Å². The van der Waals surface area contributed by atoms with Crippen LogP contribution in [0.1, 0.15) is 27.4 Å². The fraction of sp³-hybridized carbons (Fsp3) is 0.583. The Kier molecular flexibility index (Phi) is 3.86. The Balaban J connectivity index is 2.05. The average molecular weight is 284 g/mol. The highest BCUT2D eigenvalue weighted by molar-refractivity contribution is 7.14. The Morgan fingerprint density at radius 2 is 2.32 bits per heavy atom. The Labute approximate surface area is 114 Å². The number of carbonyl (C=O) groups excluding carboxylic acids is 1. The van der Waals surface area contributed by atoms with Crippen molar-refractivity contribution in [1.29, 1.82) is 0 Å². The molecule has 0 saturated heterocycles. The highest BCUT2D eigenvalue weighted by Crippen LogP contribution is 2.33. The first-order valence-electron chi connectivity index (χ1n) is 6.08. The number of nitro groups is 1. The van der Waals surface area contributed by atoms with Crippen LogP contribution in [0.4, 0.5) is 5.69 Å². The molecule has 0 radical (unpaired) electrons. The third-order valence-electron chi connectivity index (χ3n) is 3.27. The first kappa shape index (κ1) is 14.0. The first-order chi connectivity index (χ1) is 8.90. The van der Waals surface area contributed by atoms with Gasteiger partial charge in [0, 0.05) is 19.7 Å². The summed E-state index contributed by atoms with van der Waals surface area (Å²) in [7, 11) is 1.61. The molecule has 2 rings (SSSR count). The van der Waals surface area contributed by atoms with Crippen molar-refractivity contribution < 1.29 is 14.8 Å². The summed E-state index contributed by atoms with van der Waals surface area (Å²) in [5.74, 6) is 0.0237. The summed E-state index contributed by atoms with van der Waals surface area (Å²) in [6.45, 7) is 1.90. The molecule has 1 N–H and O–H groups in total. The number of aliphatic hydroxyl groups is 1. The summed E-state index contributed by atoms with van der Waals surface area (Å²) < 4.78 is 0. The van der Waals surface area contributed by atoms with Crippen LogP contribution in [0.3, 0.4) is 0 Å². The van der Waals surface area contributed by atoms with Gasteiger partial charge in [-0.25, -0.2) is 0 Å². The van der Waals surface area contributed by atoms with Crippen molar-refractivity contribution in [3.63, 3.8) is 0 Å². The number of amides is 1. The number of aliphatic hydroxyl groups excluding tert-OH is 1. The summed E-state index contributed by atoms with van der Waals surface area (Å²) in [6.07, 6.45) is 1.52. The van der Waals surface area contributed by atoms with Gasteiger partial charge in [-0.3, -0.25) is 14.9 Å². The van der Waals surface area contributed by atoms with E-state index in [1.165, 1.54) is 11.0 Å². The van der Waals surface area contributed by atoms with Crippen molar-refractivity contribution in [3.8, 4) is 0 Å². The van der Waals surface area contributed by atoms with Gasteiger partial charge in [0.1, 0.15) is 0 Å². The van der Waals surface area contributed by atoms with Gasteiger partial charge in [-0.2, -0.15) is 0 Å². The number of nitrogens with zero attached hydrogens (tertiary/aromatic N) is 2. The molecule has 1 aliphatic rings. The molecule has 1 aromatic rings. The lowest BCUT2D eigenvalue weighted by Crippen LogP contribution is -2.34. The van der Waals surface area contributed by atoms with Crippen LogP contribution in [-0.2, 0) is 0 Å². The monoisotopic (exact) mass is 284 g/mol. The standard InChI is InChI=1S/C12H16N2O4S/c1-7-9(14(17)18)5-11(19-7)12(16)13(2)6-10(15)8-3-4-8/h5,8,10,15H,3-4,6H2,1-2H3. The van der Waals surface area contributed by atoms with Gasteiger partial charge in [0.25, 0.3) is 11.6 Å². The van der Waals surface area contributed by atoms with E-state index in [9.17, 15) is 20.0 Å². The average Bonchev–Trinajstić information content (AvgIpc) is 3.11. The third kappa shape index (κ3) is 3.10. The maximum atomic E-state index is 12.1. The molecule has 1 fully saturated rings. The SMILES string of the molecule is Cc1sc(C(=O)N(C)CC(O)C2CC2)cc1[N+](=O)[O-]. The van der Waals surface area contributed by atoms with Crippen LogP contribution in [0.5, 0.6) is 0 Å². The molecule has 1 heterocycles. The Hall–Kier alpha value is -1.47. The molecule has 104 valence electrons. The number of likely N-dealkylation sites (N-methyl/N-ethyl adjacent to an activating group) is 1. The van der Waals surface area contributed by atoms with E-state index in [0.29, 0.717) is 15.7 Å². The zero-order valence-electron chi connectivity index (χ0n) is 10.8. The van der Waals surface area contributed by atoms with E-state index in [0.717, 1.165) is 24.2 Å². The normalized spacial score (nSPS) is 16.2. The molecule has 0 spiro atoms. The summed E-state index contributed by atoms with van der Waals surface area (Å²) in [5, 5.41) is 20.6. The molecule has 1 saturated carbocycles. The van der Waals surface area contributed by atoms with E-state index >= 15 is 0 Å². The third-order valence-corrected chi connectivity index (χ3v) is 4.30. The van der Waals surface area contributed by atoms with Crippen LogP contribution in [0.15, 0.2) is 6.07 Å².